The zero-order valence-corrected chi connectivity index (χ0v) is 11.7. The first-order chi connectivity index (χ1) is 9.72. The monoisotopic (exact) mass is 280 g/mol. The number of halogens is 2. The van der Waals surface area contributed by atoms with Crippen molar-refractivity contribution < 1.29 is 8.78 Å². The second-order valence-corrected chi connectivity index (χ2v) is 6.00. The fourth-order valence-electron chi connectivity index (χ4n) is 2.98. The van der Waals surface area contributed by atoms with Crippen LogP contribution >= 0.6 is 0 Å². The standard InChI is InChI=1S/C16H22F2N2/c17-16(18)13-5-3-12(4-6-13)10-20(15-7-8-15)11-14-2-1-9-19-14/h3-6,14-16,19H,1-2,7-11H2. The first-order valence-electron chi connectivity index (χ1n) is 7.57. The molecule has 110 valence electrons. The largest absolute Gasteiger partial charge is 0.313 e. The Labute approximate surface area is 119 Å². The molecule has 4 heteroatoms. The maximum atomic E-state index is 12.6. The average Bonchev–Trinajstić information content (AvgIpc) is 3.17. The number of hydrogen-bond donors (Lipinski definition) is 1. The maximum Gasteiger partial charge on any atom is 0.263 e. The Bertz CT molecular complexity index is 423. The zero-order chi connectivity index (χ0) is 13.9. The summed E-state index contributed by atoms with van der Waals surface area (Å²) < 4.78 is 25.1. The van der Waals surface area contributed by atoms with Crippen LogP contribution in [0.5, 0.6) is 0 Å². The van der Waals surface area contributed by atoms with Gasteiger partial charge in [-0.3, -0.25) is 4.90 Å². The lowest BCUT2D eigenvalue weighted by molar-refractivity contribution is 0.151. The zero-order valence-electron chi connectivity index (χ0n) is 11.7. The van der Waals surface area contributed by atoms with E-state index in [0.29, 0.717) is 12.1 Å². The highest BCUT2D eigenvalue weighted by Crippen LogP contribution is 2.29. The van der Waals surface area contributed by atoms with Crippen LogP contribution in [0.4, 0.5) is 8.78 Å². The van der Waals surface area contributed by atoms with Gasteiger partial charge in [-0.05, 0) is 37.8 Å². The molecule has 1 unspecified atom stereocenters. The third-order valence-electron chi connectivity index (χ3n) is 4.30. The van der Waals surface area contributed by atoms with Crippen LogP contribution < -0.4 is 5.32 Å². The third kappa shape index (κ3) is 3.55. The van der Waals surface area contributed by atoms with Gasteiger partial charge in [0.15, 0.2) is 0 Å². The molecule has 1 saturated heterocycles. The molecule has 0 amide bonds. The lowest BCUT2D eigenvalue weighted by Crippen LogP contribution is -2.38. The number of nitrogens with zero attached hydrogens (tertiary/aromatic N) is 1. The summed E-state index contributed by atoms with van der Waals surface area (Å²) in [4.78, 5) is 2.51. The van der Waals surface area contributed by atoms with E-state index in [0.717, 1.165) is 25.2 Å². The molecule has 0 aromatic heterocycles. The van der Waals surface area contributed by atoms with Gasteiger partial charge in [0, 0.05) is 30.7 Å². The van der Waals surface area contributed by atoms with Gasteiger partial charge in [-0.25, -0.2) is 8.78 Å². The summed E-state index contributed by atoms with van der Waals surface area (Å²) in [7, 11) is 0. The van der Waals surface area contributed by atoms with Gasteiger partial charge < -0.3 is 5.32 Å². The third-order valence-corrected chi connectivity index (χ3v) is 4.30. The second kappa shape index (κ2) is 6.19. The minimum absolute atomic E-state index is 0.115. The van der Waals surface area contributed by atoms with Crippen molar-refractivity contribution in [3.05, 3.63) is 35.4 Å². The van der Waals surface area contributed by atoms with Crippen molar-refractivity contribution in [2.24, 2.45) is 0 Å². The molecule has 0 bridgehead atoms. The molecular weight excluding hydrogens is 258 g/mol. The minimum atomic E-state index is -2.37. The van der Waals surface area contributed by atoms with Crippen molar-refractivity contribution in [3.8, 4) is 0 Å². The van der Waals surface area contributed by atoms with Crippen LogP contribution in [0, 0.1) is 0 Å². The molecule has 1 aromatic carbocycles. The normalized spacial score (nSPS) is 22.9. The van der Waals surface area contributed by atoms with Crippen molar-refractivity contribution >= 4 is 0 Å². The molecule has 1 aliphatic heterocycles. The van der Waals surface area contributed by atoms with Gasteiger partial charge >= 0.3 is 0 Å². The predicted molar refractivity (Wildman–Crippen MR) is 75.9 cm³/mol. The van der Waals surface area contributed by atoms with Crippen LogP contribution in [0.2, 0.25) is 0 Å². The van der Waals surface area contributed by atoms with Gasteiger partial charge in [-0.2, -0.15) is 0 Å². The second-order valence-electron chi connectivity index (χ2n) is 6.00. The fourth-order valence-corrected chi connectivity index (χ4v) is 2.98. The molecule has 20 heavy (non-hydrogen) atoms. The van der Waals surface area contributed by atoms with E-state index in [4.69, 9.17) is 0 Å². The van der Waals surface area contributed by atoms with Gasteiger partial charge in [0.25, 0.3) is 6.43 Å². The summed E-state index contributed by atoms with van der Waals surface area (Å²) in [6.07, 6.45) is 2.72. The topological polar surface area (TPSA) is 15.3 Å². The van der Waals surface area contributed by atoms with E-state index in [9.17, 15) is 8.78 Å². The maximum absolute atomic E-state index is 12.6. The van der Waals surface area contributed by atoms with Crippen molar-refractivity contribution in [3.63, 3.8) is 0 Å². The van der Waals surface area contributed by atoms with Gasteiger partial charge in [-0.15, -0.1) is 0 Å². The number of benzene rings is 1. The Hall–Kier alpha value is -1.00. The van der Waals surface area contributed by atoms with Gasteiger partial charge in [0.05, 0.1) is 0 Å². The average molecular weight is 280 g/mol. The molecule has 1 atom stereocenters. The van der Waals surface area contributed by atoms with Crippen molar-refractivity contribution in [1.29, 1.82) is 0 Å². The summed E-state index contributed by atoms with van der Waals surface area (Å²) in [6.45, 7) is 3.10. The van der Waals surface area contributed by atoms with Crippen molar-refractivity contribution in [1.82, 2.24) is 10.2 Å². The summed E-state index contributed by atoms with van der Waals surface area (Å²) in [5.74, 6) is 0. The van der Waals surface area contributed by atoms with Crippen molar-refractivity contribution in [2.75, 3.05) is 13.1 Å². The minimum Gasteiger partial charge on any atom is -0.313 e. The van der Waals surface area contributed by atoms with E-state index >= 15 is 0 Å². The highest BCUT2D eigenvalue weighted by atomic mass is 19.3. The molecule has 1 aromatic rings. The molecule has 0 radical (unpaired) electrons. The Balaban J connectivity index is 1.60. The summed E-state index contributed by atoms with van der Waals surface area (Å²) >= 11 is 0. The molecule has 1 heterocycles. The summed E-state index contributed by atoms with van der Waals surface area (Å²) in [6, 6.07) is 8.11. The number of alkyl halides is 2. The van der Waals surface area contributed by atoms with Gasteiger partial charge in [-0.1, -0.05) is 24.3 Å². The molecule has 3 rings (SSSR count). The summed E-state index contributed by atoms with van der Waals surface area (Å²) in [5.41, 5.74) is 1.25. The van der Waals surface area contributed by atoms with Crippen LogP contribution in [0.15, 0.2) is 24.3 Å². The summed E-state index contributed by atoms with van der Waals surface area (Å²) in [5, 5.41) is 3.54. The van der Waals surface area contributed by atoms with Crippen LogP contribution in [0.3, 0.4) is 0 Å². The molecular formula is C16H22F2N2. The van der Waals surface area contributed by atoms with Crippen LogP contribution in [0.25, 0.3) is 0 Å². The number of rotatable bonds is 6. The molecule has 0 spiro atoms. The molecule has 2 fully saturated rings. The first kappa shape index (κ1) is 14.0. The smallest absolute Gasteiger partial charge is 0.263 e. The Morgan fingerprint density at radius 3 is 2.45 bits per heavy atom. The van der Waals surface area contributed by atoms with Gasteiger partial charge in [0.1, 0.15) is 0 Å². The van der Waals surface area contributed by atoms with E-state index in [1.165, 1.54) is 25.7 Å². The predicted octanol–water partition coefficient (Wildman–Crippen LogP) is 3.34. The lowest BCUT2D eigenvalue weighted by atomic mass is 10.1. The van der Waals surface area contributed by atoms with E-state index in [-0.39, 0.29) is 5.56 Å². The van der Waals surface area contributed by atoms with Crippen LogP contribution in [-0.4, -0.2) is 30.1 Å². The van der Waals surface area contributed by atoms with Crippen LogP contribution in [0.1, 0.15) is 43.2 Å². The Morgan fingerprint density at radius 1 is 1.15 bits per heavy atom. The molecule has 2 nitrogen and oxygen atoms in total. The highest BCUT2D eigenvalue weighted by Gasteiger charge is 2.31. The number of nitrogens with one attached hydrogen (secondary N) is 1. The lowest BCUT2D eigenvalue weighted by Gasteiger charge is -2.25. The molecule has 1 N–H and O–H groups in total. The number of hydrogen-bond acceptors (Lipinski definition) is 2. The van der Waals surface area contributed by atoms with E-state index in [2.05, 4.69) is 10.2 Å². The SMILES string of the molecule is FC(F)c1ccc(CN(CC2CCCN2)C2CC2)cc1. The molecule has 1 saturated carbocycles. The quantitative estimate of drug-likeness (QED) is 0.859. The Morgan fingerprint density at radius 2 is 1.90 bits per heavy atom. The van der Waals surface area contributed by atoms with E-state index in [1.807, 2.05) is 12.1 Å². The van der Waals surface area contributed by atoms with Crippen LogP contribution in [-0.2, 0) is 6.54 Å². The van der Waals surface area contributed by atoms with E-state index in [1.54, 1.807) is 12.1 Å². The van der Waals surface area contributed by atoms with Gasteiger partial charge in [0.2, 0.25) is 0 Å². The molecule has 2 aliphatic rings. The first-order valence-corrected chi connectivity index (χ1v) is 7.57. The van der Waals surface area contributed by atoms with E-state index < -0.39 is 6.43 Å². The highest BCUT2D eigenvalue weighted by molar-refractivity contribution is 5.23. The van der Waals surface area contributed by atoms with Crippen molar-refractivity contribution in [2.45, 2.75) is 50.7 Å². The Kier molecular flexibility index (Phi) is 4.32. The fraction of sp³-hybridized carbons (Fsp3) is 0.625. The molecule has 1 aliphatic carbocycles.